The second kappa shape index (κ2) is 30.0. The normalized spacial score (nSPS) is 16.5. The Morgan fingerprint density at radius 1 is 0.561 bits per heavy atom. The Kier molecular flexibility index (Phi) is 36.1. The molecule has 2 aromatic carbocycles. The molecule has 0 unspecified atom stereocenters. The van der Waals surface area contributed by atoms with Crippen LogP contribution in [0, 0.1) is 107 Å². The molecule has 5 rings (SSSR count). The van der Waals surface area contributed by atoms with Crippen LogP contribution in [0.2, 0.25) is 0 Å². The van der Waals surface area contributed by atoms with Crippen LogP contribution in [0.1, 0.15) is 27.2 Å². The van der Waals surface area contributed by atoms with Crippen molar-refractivity contribution in [3.8, 4) is 0 Å². The van der Waals surface area contributed by atoms with Crippen LogP contribution in [0.4, 0.5) is 0 Å². The largest absolute Gasteiger partial charge is 2.00 e. The maximum atomic E-state index is 2.27. The van der Waals surface area contributed by atoms with Crippen LogP contribution >= 0.6 is 7.92 Å². The Balaban J connectivity index is -0.000000279. The van der Waals surface area contributed by atoms with Crippen LogP contribution in [-0.4, -0.2) is 6.16 Å². The third kappa shape index (κ3) is 20.2. The van der Waals surface area contributed by atoms with Gasteiger partial charge in [0.05, 0.1) is 0 Å². The molecule has 0 atom stereocenters. The van der Waals surface area contributed by atoms with Crippen molar-refractivity contribution in [3.63, 3.8) is 0 Å². The Bertz CT molecular complexity index is 735. The fourth-order valence-corrected chi connectivity index (χ4v) is 6.08. The topological polar surface area (TPSA) is 0 Å². The first-order valence-electron chi connectivity index (χ1n) is 12.4. The van der Waals surface area contributed by atoms with Gasteiger partial charge in [0, 0.05) is 0 Å². The predicted octanol–water partition coefficient (Wildman–Crippen LogP) is -4.41. The van der Waals surface area contributed by atoms with E-state index in [2.05, 4.69) is 133 Å². The molecule has 2 aromatic rings. The monoisotopic (exact) mass is 766 g/mol. The maximum Gasteiger partial charge on any atom is 2.00 e. The molecule has 0 bridgehead atoms. The third-order valence-electron chi connectivity index (χ3n) is 5.79. The van der Waals surface area contributed by atoms with Crippen LogP contribution in [-0.2, 0) is 41.2 Å². The minimum atomic E-state index is -0.256. The van der Waals surface area contributed by atoms with E-state index in [-0.39, 0.29) is 98.7 Å². The summed E-state index contributed by atoms with van der Waals surface area (Å²) < 4.78 is 0. The van der Waals surface area contributed by atoms with Gasteiger partial charge < -0.3 is 49.6 Å². The SMILES string of the molecule is C[C]1[CH][CH][C](C(C)C)[CH][CH]1.[CH]1[CH][CH][CH][CH]1.[CH]1[CH][CH][C](CCP(c2ccccc2)c2ccccc2)[CH]1.[Cl-].[Cl-].[Cl-].[Cl-].[Ru+2].[Ti+2]. The van der Waals surface area contributed by atoms with Crippen LogP contribution in [0.25, 0.3) is 0 Å². The van der Waals surface area contributed by atoms with Crippen LogP contribution < -0.4 is 60.2 Å². The van der Waals surface area contributed by atoms with Gasteiger partial charge in [-0.1, -0.05) is 81.4 Å². The summed E-state index contributed by atoms with van der Waals surface area (Å²) in [5, 5.41) is 2.94. The van der Waals surface area contributed by atoms with Crippen LogP contribution in [0.3, 0.4) is 0 Å². The minimum Gasteiger partial charge on any atom is -1.00 e. The van der Waals surface area contributed by atoms with Crippen LogP contribution in [0.5, 0.6) is 0 Å². The molecule has 41 heavy (non-hydrogen) atoms. The first kappa shape index (κ1) is 49.3. The number of benzene rings is 2. The zero-order valence-corrected chi connectivity index (χ0v) is 30.8. The summed E-state index contributed by atoms with van der Waals surface area (Å²) in [4.78, 5) is 0. The van der Waals surface area contributed by atoms with E-state index in [1.165, 1.54) is 34.5 Å². The number of halogens is 4. The van der Waals surface area contributed by atoms with Gasteiger partial charge in [-0.05, 0) is 138 Å². The zero-order valence-electron chi connectivity index (χ0n) is 23.6. The molecule has 16 radical (unpaired) electrons. The average Bonchev–Trinajstić information content (AvgIpc) is 3.64. The second-order valence-electron chi connectivity index (χ2n) is 8.89. The molecule has 0 amide bonds. The maximum absolute atomic E-state index is 2.27. The van der Waals surface area contributed by atoms with Crippen molar-refractivity contribution in [2.45, 2.75) is 27.2 Å². The van der Waals surface area contributed by atoms with E-state index in [1.54, 1.807) is 0 Å². The number of rotatable bonds is 6. The third-order valence-corrected chi connectivity index (χ3v) is 8.30. The molecular formula is C34H37Cl4PRuTi. The van der Waals surface area contributed by atoms with Crippen molar-refractivity contribution in [1.29, 1.82) is 0 Å². The fourth-order valence-electron chi connectivity index (χ4n) is 3.72. The Morgan fingerprint density at radius 2 is 0.951 bits per heavy atom. The standard InChI is InChI=1S/C19H18P.C10H14.C5H5.4ClH.Ru.Ti/c1-3-11-18(12-4-1)20(19-13-5-2-6-14-19)16-15-17-9-7-8-10-17;1-8(2)10-6-4-9(3)5-7-10;1-2-4-5-3-1;;;;;;/h1-14H,15-16H2;4-8H,1-3H3;1-5H;4*1H;;/q;;;;;;;2*+2/p-4. The quantitative estimate of drug-likeness (QED) is 0.206. The molecule has 3 aliphatic carbocycles. The Labute approximate surface area is 308 Å². The Hall–Kier alpha value is 1.37. The molecule has 0 aliphatic heterocycles. The molecule has 0 nitrogen and oxygen atoms in total. The van der Waals surface area contributed by atoms with E-state index in [1.807, 2.05) is 32.1 Å². The van der Waals surface area contributed by atoms with Gasteiger partial charge in [0.15, 0.2) is 0 Å². The molecule has 0 aromatic heterocycles. The van der Waals surface area contributed by atoms with Gasteiger partial charge in [-0.2, -0.15) is 0 Å². The molecule has 3 aliphatic rings. The molecule has 218 valence electrons. The van der Waals surface area contributed by atoms with E-state index in [0.717, 1.165) is 6.42 Å². The summed E-state index contributed by atoms with van der Waals surface area (Å²) in [5.74, 6) is 4.86. The molecule has 0 heterocycles. The smallest absolute Gasteiger partial charge is 1.00 e. The summed E-state index contributed by atoms with van der Waals surface area (Å²) in [5.41, 5.74) is 0. The van der Waals surface area contributed by atoms with E-state index in [4.69, 9.17) is 0 Å². The average molecular weight is 767 g/mol. The molecule has 3 saturated carbocycles. The second-order valence-corrected chi connectivity index (χ2v) is 11.2. The predicted molar refractivity (Wildman–Crippen MR) is 155 cm³/mol. The van der Waals surface area contributed by atoms with E-state index in [9.17, 15) is 0 Å². The summed E-state index contributed by atoms with van der Waals surface area (Å²) in [6.07, 6.45) is 29.8. The summed E-state index contributed by atoms with van der Waals surface area (Å²) >= 11 is 0. The molecule has 7 heteroatoms. The number of hydrogen-bond acceptors (Lipinski definition) is 0. The van der Waals surface area contributed by atoms with Gasteiger partial charge in [0.1, 0.15) is 0 Å². The molecule has 3 fully saturated rings. The molecular weight excluding hydrogens is 730 g/mol. The first-order valence-corrected chi connectivity index (χ1v) is 14.0. The first-order chi connectivity index (χ1) is 17.1. The van der Waals surface area contributed by atoms with Gasteiger partial charge in [-0.15, -0.1) is 0 Å². The summed E-state index contributed by atoms with van der Waals surface area (Å²) in [6.45, 7) is 6.54. The van der Waals surface area contributed by atoms with Gasteiger partial charge in [0.2, 0.25) is 0 Å². The zero-order chi connectivity index (χ0) is 24.7. The van der Waals surface area contributed by atoms with Crippen molar-refractivity contribution >= 4 is 18.5 Å². The van der Waals surface area contributed by atoms with Crippen molar-refractivity contribution in [2.75, 3.05) is 6.16 Å². The van der Waals surface area contributed by atoms with Crippen molar-refractivity contribution in [2.24, 2.45) is 5.92 Å². The molecule has 0 saturated heterocycles. The van der Waals surface area contributed by atoms with Crippen LogP contribution in [0.15, 0.2) is 60.7 Å². The van der Waals surface area contributed by atoms with Crippen molar-refractivity contribution < 1.29 is 90.8 Å². The minimum absolute atomic E-state index is 0. The fraction of sp³-hybridized carbons (Fsp3) is 0.176. The summed E-state index contributed by atoms with van der Waals surface area (Å²) in [7, 11) is -0.256. The molecule has 0 N–H and O–H groups in total. The summed E-state index contributed by atoms with van der Waals surface area (Å²) in [6, 6.07) is 21.9. The molecule has 0 spiro atoms. The Morgan fingerprint density at radius 3 is 1.32 bits per heavy atom. The van der Waals surface area contributed by atoms with Gasteiger partial charge >= 0.3 is 41.2 Å². The van der Waals surface area contributed by atoms with Gasteiger partial charge in [0.25, 0.3) is 0 Å². The van der Waals surface area contributed by atoms with Gasteiger partial charge in [-0.3, -0.25) is 0 Å². The number of hydrogen-bond donors (Lipinski definition) is 0. The van der Waals surface area contributed by atoms with Crippen molar-refractivity contribution in [1.82, 2.24) is 0 Å². The van der Waals surface area contributed by atoms with E-state index >= 15 is 0 Å². The van der Waals surface area contributed by atoms with E-state index < -0.39 is 0 Å². The van der Waals surface area contributed by atoms with Gasteiger partial charge in [-0.25, -0.2) is 0 Å². The van der Waals surface area contributed by atoms with E-state index in [0.29, 0.717) is 5.92 Å². The van der Waals surface area contributed by atoms with Crippen molar-refractivity contribution in [3.05, 3.63) is 162 Å².